The molecule has 1 aromatic heterocycles. The predicted octanol–water partition coefficient (Wildman–Crippen LogP) is 3.61. The van der Waals surface area contributed by atoms with Gasteiger partial charge < -0.3 is 20.3 Å². The van der Waals surface area contributed by atoms with Crippen LogP contribution in [-0.2, 0) is 20.5 Å². The first-order chi connectivity index (χ1) is 17.0. The van der Waals surface area contributed by atoms with Crippen LogP contribution in [0.15, 0.2) is 30.3 Å². The van der Waals surface area contributed by atoms with E-state index in [9.17, 15) is 27.6 Å². The molecule has 1 saturated heterocycles. The van der Waals surface area contributed by atoms with Gasteiger partial charge >= 0.3 is 6.18 Å². The molecule has 1 saturated carbocycles. The first kappa shape index (κ1) is 26.4. The quantitative estimate of drug-likeness (QED) is 0.530. The number of carbonyl (C=O) groups excluding carboxylic acids is 3. The van der Waals surface area contributed by atoms with Crippen molar-refractivity contribution in [2.45, 2.75) is 31.1 Å². The Hall–Kier alpha value is -2.67. The molecule has 2 heterocycles. The molecule has 3 amide bonds. The highest BCUT2D eigenvalue weighted by atomic mass is 35.5. The average molecular weight is 545 g/mol. The van der Waals surface area contributed by atoms with E-state index in [0.29, 0.717) is 9.21 Å². The molecular weight excluding hydrogens is 521 g/mol. The molecule has 0 radical (unpaired) electrons. The minimum absolute atomic E-state index is 0.00295. The summed E-state index contributed by atoms with van der Waals surface area (Å²) in [5.41, 5.74) is -1.39. The smallest absolute Gasteiger partial charge is 0.370 e. The van der Waals surface area contributed by atoms with Crippen molar-refractivity contribution in [2.24, 2.45) is 0 Å². The van der Waals surface area contributed by atoms with Crippen LogP contribution < -0.4 is 15.5 Å². The zero-order chi connectivity index (χ0) is 26.0. The van der Waals surface area contributed by atoms with E-state index in [4.69, 9.17) is 16.3 Å². The van der Waals surface area contributed by atoms with Gasteiger partial charge in [-0.15, -0.1) is 11.3 Å². The van der Waals surface area contributed by atoms with E-state index in [-0.39, 0.29) is 43.7 Å². The van der Waals surface area contributed by atoms with Crippen molar-refractivity contribution < 1.29 is 32.3 Å². The Morgan fingerprint density at radius 1 is 1.28 bits per heavy atom. The summed E-state index contributed by atoms with van der Waals surface area (Å²) < 4.78 is 47.1. The van der Waals surface area contributed by atoms with Crippen LogP contribution >= 0.6 is 22.9 Å². The monoisotopic (exact) mass is 544 g/mol. The van der Waals surface area contributed by atoms with Gasteiger partial charge in [0, 0.05) is 24.8 Å². The van der Waals surface area contributed by atoms with Gasteiger partial charge in [0.15, 0.2) is 0 Å². The van der Waals surface area contributed by atoms with Gasteiger partial charge in [-0.2, -0.15) is 13.2 Å². The van der Waals surface area contributed by atoms with Crippen molar-refractivity contribution >= 4 is 52.0 Å². The highest BCUT2D eigenvalue weighted by Gasteiger charge is 2.38. The second-order valence-electron chi connectivity index (χ2n) is 8.54. The van der Waals surface area contributed by atoms with E-state index in [1.807, 2.05) is 4.90 Å². The number of hydrogen-bond donors (Lipinski definition) is 2. The number of nitrogens with zero attached hydrogens (tertiary/aromatic N) is 2. The van der Waals surface area contributed by atoms with Gasteiger partial charge in [0.2, 0.25) is 5.91 Å². The number of likely N-dealkylation sites (N-methyl/N-ethyl adjacent to an activating group) is 1. The van der Waals surface area contributed by atoms with Crippen LogP contribution in [0.1, 0.15) is 28.1 Å². The van der Waals surface area contributed by atoms with Gasteiger partial charge in [-0.25, -0.2) is 0 Å². The highest BCUT2D eigenvalue weighted by molar-refractivity contribution is 7.18. The molecular formula is C23H24ClF3N4O4S. The van der Waals surface area contributed by atoms with Crippen LogP contribution in [0.3, 0.4) is 0 Å². The molecule has 1 atom stereocenters. The van der Waals surface area contributed by atoms with E-state index in [2.05, 4.69) is 10.6 Å². The molecule has 2 fully saturated rings. The van der Waals surface area contributed by atoms with Gasteiger partial charge in [0.1, 0.15) is 12.6 Å². The fourth-order valence-corrected chi connectivity index (χ4v) is 4.90. The Morgan fingerprint density at radius 2 is 2.03 bits per heavy atom. The Bertz CT molecular complexity index is 1150. The summed E-state index contributed by atoms with van der Waals surface area (Å²) in [4.78, 5) is 40.9. The fraction of sp³-hybridized carbons (Fsp3) is 0.435. The first-order valence-electron chi connectivity index (χ1n) is 11.2. The molecule has 1 aliphatic carbocycles. The topological polar surface area (TPSA) is 91.0 Å². The van der Waals surface area contributed by atoms with Crippen LogP contribution in [0.2, 0.25) is 4.34 Å². The zero-order valence-corrected chi connectivity index (χ0v) is 20.8. The molecule has 0 unspecified atom stereocenters. The normalized spacial score (nSPS) is 17.3. The highest BCUT2D eigenvalue weighted by Crippen LogP contribution is 2.39. The summed E-state index contributed by atoms with van der Waals surface area (Å²) in [5.74, 6) is -1.53. The zero-order valence-electron chi connectivity index (χ0n) is 19.2. The Kier molecular flexibility index (Phi) is 7.88. The molecule has 1 aromatic carbocycles. The lowest BCUT2D eigenvalue weighted by atomic mass is 10.1. The summed E-state index contributed by atoms with van der Waals surface area (Å²) in [6, 6.07) is 5.81. The van der Waals surface area contributed by atoms with Gasteiger partial charge in [-0.05, 0) is 50.2 Å². The van der Waals surface area contributed by atoms with Crippen molar-refractivity contribution in [1.82, 2.24) is 10.2 Å². The van der Waals surface area contributed by atoms with E-state index in [1.165, 1.54) is 12.1 Å². The number of alkyl halides is 3. The third-order valence-electron chi connectivity index (χ3n) is 6.02. The number of thiophene rings is 1. The molecule has 1 aliphatic heterocycles. The predicted molar refractivity (Wildman–Crippen MR) is 129 cm³/mol. The summed E-state index contributed by atoms with van der Waals surface area (Å²) in [6.45, 7) is -0.217. The van der Waals surface area contributed by atoms with Crippen molar-refractivity contribution in [3.63, 3.8) is 0 Å². The molecule has 4 rings (SSSR count). The number of ether oxygens (including phenoxy) is 1. The number of morpholine rings is 1. The van der Waals surface area contributed by atoms with E-state index in [1.54, 1.807) is 19.2 Å². The van der Waals surface area contributed by atoms with E-state index < -0.39 is 35.5 Å². The van der Waals surface area contributed by atoms with Crippen LogP contribution in [0.4, 0.5) is 24.5 Å². The van der Waals surface area contributed by atoms with Crippen LogP contribution in [-0.4, -0.2) is 68.1 Å². The number of rotatable bonds is 8. The summed E-state index contributed by atoms with van der Waals surface area (Å²) in [6.07, 6.45) is -2.99. The number of nitrogens with one attached hydrogen (secondary N) is 2. The number of halogens is 4. The SMILES string of the molecule is CN(C1CC1)[C@@H](CNC(=O)c1ccc(Cl)s1)C(=O)Nc1ccc(N2CCOCC2=O)c(C(F)(F)F)c1. The molecule has 2 N–H and O–H groups in total. The second-order valence-corrected chi connectivity index (χ2v) is 10.3. The Labute approximate surface area is 214 Å². The fourth-order valence-electron chi connectivity index (χ4n) is 3.95. The second kappa shape index (κ2) is 10.8. The lowest BCUT2D eigenvalue weighted by Gasteiger charge is -2.30. The molecule has 2 aromatic rings. The standard InChI is InChI=1S/C23H24ClF3N4O4S/c1-30(14-3-4-14)17(11-28-22(34)18-6-7-19(24)36-18)21(33)29-13-2-5-16(15(10-13)23(25,26)27)31-8-9-35-12-20(31)32/h2,5-7,10,14,17H,3-4,8-9,11-12H2,1H3,(H,28,34)(H,29,33)/t17-/m0/s1. The summed E-state index contributed by atoms with van der Waals surface area (Å²) in [5, 5.41) is 5.26. The molecule has 194 valence electrons. The van der Waals surface area contributed by atoms with Crippen molar-refractivity contribution in [1.29, 1.82) is 0 Å². The number of anilines is 2. The lowest BCUT2D eigenvalue weighted by molar-refractivity contribution is -0.137. The molecule has 13 heteroatoms. The Balaban J connectivity index is 1.52. The third-order valence-corrected chi connectivity index (χ3v) is 7.25. The van der Waals surface area contributed by atoms with E-state index >= 15 is 0 Å². The summed E-state index contributed by atoms with van der Waals surface area (Å²) in [7, 11) is 1.74. The van der Waals surface area contributed by atoms with Gasteiger partial charge in [0.25, 0.3) is 11.8 Å². The van der Waals surface area contributed by atoms with E-state index in [0.717, 1.165) is 35.1 Å². The molecule has 0 bridgehead atoms. The van der Waals surface area contributed by atoms with Crippen molar-refractivity contribution in [3.05, 3.63) is 45.1 Å². The number of carbonyl (C=O) groups is 3. The number of benzene rings is 1. The molecule has 2 aliphatic rings. The van der Waals surface area contributed by atoms with Crippen molar-refractivity contribution in [2.75, 3.05) is 43.6 Å². The lowest BCUT2D eigenvalue weighted by Crippen LogP contribution is -2.50. The average Bonchev–Trinajstić information content (AvgIpc) is 3.59. The molecule has 8 nitrogen and oxygen atoms in total. The minimum atomic E-state index is -4.76. The van der Waals surface area contributed by atoms with Crippen LogP contribution in [0, 0.1) is 0 Å². The number of amides is 3. The minimum Gasteiger partial charge on any atom is -0.370 e. The van der Waals surface area contributed by atoms with Crippen LogP contribution in [0.25, 0.3) is 0 Å². The third kappa shape index (κ3) is 6.17. The van der Waals surface area contributed by atoms with Gasteiger partial charge in [-0.3, -0.25) is 19.3 Å². The largest absolute Gasteiger partial charge is 0.418 e. The first-order valence-corrected chi connectivity index (χ1v) is 12.4. The molecule has 36 heavy (non-hydrogen) atoms. The van der Waals surface area contributed by atoms with Gasteiger partial charge in [0.05, 0.1) is 27.1 Å². The maximum absolute atomic E-state index is 13.9. The van der Waals surface area contributed by atoms with Crippen molar-refractivity contribution in [3.8, 4) is 0 Å². The molecule has 0 spiro atoms. The Morgan fingerprint density at radius 3 is 2.64 bits per heavy atom. The maximum Gasteiger partial charge on any atom is 0.418 e. The van der Waals surface area contributed by atoms with Gasteiger partial charge in [-0.1, -0.05) is 11.6 Å². The maximum atomic E-state index is 13.9. The summed E-state index contributed by atoms with van der Waals surface area (Å²) >= 11 is 6.98. The number of hydrogen-bond acceptors (Lipinski definition) is 6. The van der Waals surface area contributed by atoms with Crippen LogP contribution in [0.5, 0.6) is 0 Å².